The number of sulfonamides is 1. The van der Waals surface area contributed by atoms with E-state index in [1.54, 1.807) is 13.8 Å². The maximum absolute atomic E-state index is 14.5. The minimum atomic E-state index is -4.76. The number of rotatable bonds is 4. The normalized spacial score (nSPS) is 21.2. The summed E-state index contributed by atoms with van der Waals surface area (Å²) in [6.07, 6.45) is -6.32. The highest BCUT2D eigenvalue weighted by Crippen LogP contribution is 2.42. The molecule has 0 aliphatic carbocycles. The zero-order chi connectivity index (χ0) is 27.5. The molecule has 6 nitrogen and oxygen atoms in total. The van der Waals surface area contributed by atoms with Gasteiger partial charge in [0.1, 0.15) is 29.6 Å². The summed E-state index contributed by atoms with van der Waals surface area (Å²) in [4.78, 5) is -0.592. The van der Waals surface area contributed by atoms with Crippen LogP contribution in [0.1, 0.15) is 19.4 Å². The Morgan fingerprint density at radius 3 is 2.42 bits per heavy atom. The van der Waals surface area contributed by atoms with Gasteiger partial charge in [-0.25, -0.2) is 17.2 Å². The zero-order valence-corrected chi connectivity index (χ0v) is 20.9. The van der Waals surface area contributed by atoms with Crippen LogP contribution < -0.4 is 9.04 Å². The summed E-state index contributed by atoms with van der Waals surface area (Å²) in [5, 5.41) is 0. The van der Waals surface area contributed by atoms with Gasteiger partial charge < -0.3 is 14.2 Å². The van der Waals surface area contributed by atoms with Crippen molar-refractivity contribution in [3.63, 3.8) is 0 Å². The third kappa shape index (κ3) is 4.95. The van der Waals surface area contributed by atoms with Gasteiger partial charge in [-0.3, -0.25) is 4.31 Å². The first-order valence-electron chi connectivity index (χ1n) is 11.5. The zero-order valence-electron chi connectivity index (χ0n) is 20.1. The summed E-state index contributed by atoms with van der Waals surface area (Å²) in [6.45, 7) is 3.13. The van der Waals surface area contributed by atoms with E-state index in [1.807, 2.05) is 0 Å². The number of alkyl halides is 3. The fourth-order valence-electron chi connectivity index (χ4n) is 4.44. The van der Waals surface area contributed by atoms with Crippen molar-refractivity contribution in [3.05, 3.63) is 77.9 Å². The first kappa shape index (κ1) is 26.4. The number of nitrogens with zero attached hydrogens (tertiary/aromatic N) is 1. The Balaban J connectivity index is 1.62. The van der Waals surface area contributed by atoms with Crippen LogP contribution in [0.4, 0.5) is 27.6 Å². The second kappa shape index (κ2) is 9.21. The molecule has 0 aromatic heterocycles. The van der Waals surface area contributed by atoms with Crippen LogP contribution >= 0.6 is 0 Å². The molecule has 0 saturated carbocycles. The van der Waals surface area contributed by atoms with E-state index in [0.29, 0.717) is 6.07 Å². The van der Waals surface area contributed by atoms with Gasteiger partial charge in [-0.15, -0.1) is 0 Å². The number of ether oxygens (including phenoxy) is 3. The highest BCUT2D eigenvalue weighted by Gasteiger charge is 2.44. The van der Waals surface area contributed by atoms with Crippen LogP contribution in [0.25, 0.3) is 11.1 Å². The average Bonchev–Trinajstić information content (AvgIpc) is 3.23. The number of anilines is 1. The van der Waals surface area contributed by atoms with Crippen molar-refractivity contribution in [1.29, 1.82) is 0 Å². The van der Waals surface area contributed by atoms with Crippen molar-refractivity contribution in [2.75, 3.05) is 17.5 Å². The van der Waals surface area contributed by atoms with E-state index in [2.05, 4.69) is 0 Å². The van der Waals surface area contributed by atoms with Crippen molar-refractivity contribution in [3.8, 4) is 16.9 Å². The van der Waals surface area contributed by atoms with E-state index in [9.17, 15) is 30.4 Å². The number of halogens is 5. The van der Waals surface area contributed by atoms with Gasteiger partial charge in [0, 0.05) is 5.56 Å². The first-order chi connectivity index (χ1) is 17.7. The minimum Gasteiger partial charge on any atom is -0.483 e. The summed E-state index contributed by atoms with van der Waals surface area (Å²) >= 11 is 0. The van der Waals surface area contributed by atoms with Crippen LogP contribution in [0.3, 0.4) is 0 Å². The van der Waals surface area contributed by atoms with Crippen LogP contribution in [-0.2, 0) is 25.7 Å². The molecule has 1 saturated heterocycles. The van der Waals surface area contributed by atoms with E-state index in [1.165, 1.54) is 18.2 Å². The Morgan fingerprint density at radius 1 is 0.974 bits per heavy atom. The van der Waals surface area contributed by atoms with Gasteiger partial charge in [-0.2, -0.15) is 13.2 Å². The molecule has 12 heteroatoms. The maximum Gasteiger partial charge on any atom is 0.416 e. The number of fused-ring (bicyclic) bond motifs is 1. The lowest BCUT2D eigenvalue weighted by Gasteiger charge is -2.37. The Bertz CT molecular complexity index is 1490. The summed E-state index contributed by atoms with van der Waals surface area (Å²) in [5.41, 5.74) is -1.15. The monoisotopic (exact) mass is 555 g/mol. The smallest absolute Gasteiger partial charge is 0.416 e. The van der Waals surface area contributed by atoms with Crippen LogP contribution in [0.5, 0.6) is 5.75 Å². The molecule has 2 unspecified atom stereocenters. The Hall–Kier alpha value is -3.22. The summed E-state index contributed by atoms with van der Waals surface area (Å²) < 4.78 is 114. The average molecular weight is 556 g/mol. The van der Waals surface area contributed by atoms with Gasteiger partial charge in [-0.05, 0) is 67.9 Å². The molecule has 0 amide bonds. The predicted octanol–water partition coefficient (Wildman–Crippen LogP) is 5.76. The SMILES string of the molecule is CC1(C)OCC(C2CN(S(=O)(=O)c3cccc(C(F)(F)F)c3)c3cc(-c4cc(F)ccc4F)ccc3O2)O1. The minimum absolute atomic E-state index is 0.0435. The van der Waals surface area contributed by atoms with E-state index in [0.717, 1.165) is 40.7 Å². The lowest BCUT2D eigenvalue weighted by Crippen LogP contribution is -2.49. The van der Waals surface area contributed by atoms with Crippen LogP contribution in [0.15, 0.2) is 65.6 Å². The quantitative estimate of drug-likeness (QED) is 0.383. The second-order valence-corrected chi connectivity index (χ2v) is 11.3. The van der Waals surface area contributed by atoms with Gasteiger partial charge in [0.15, 0.2) is 5.79 Å². The van der Waals surface area contributed by atoms with Crippen molar-refractivity contribution in [1.82, 2.24) is 0 Å². The molecule has 1 fully saturated rings. The Kier molecular flexibility index (Phi) is 6.40. The van der Waals surface area contributed by atoms with Gasteiger partial charge in [0.2, 0.25) is 0 Å². The van der Waals surface area contributed by atoms with Gasteiger partial charge >= 0.3 is 6.18 Å². The van der Waals surface area contributed by atoms with Gasteiger partial charge in [-0.1, -0.05) is 12.1 Å². The standard InChI is InChI=1S/C26H22F5NO5S/c1-25(2)35-14-24(37-25)23-13-32(38(33,34)18-5-3-4-16(11-18)26(29,30)31)21-10-15(6-9-22(21)36-23)19-12-17(27)7-8-20(19)28/h3-12,23-24H,13-14H2,1-2H3. The highest BCUT2D eigenvalue weighted by molar-refractivity contribution is 7.92. The lowest BCUT2D eigenvalue weighted by atomic mass is 10.0. The van der Waals surface area contributed by atoms with Crippen LogP contribution in [0.2, 0.25) is 0 Å². The largest absolute Gasteiger partial charge is 0.483 e. The molecule has 0 N–H and O–H groups in total. The molecule has 2 aliphatic rings. The fraction of sp³-hybridized carbons (Fsp3) is 0.308. The number of hydrogen-bond acceptors (Lipinski definition) is 5. The molecule has 38 heavy (non-hydrogen) atoms. The molecule has 202 valence electrons. The maximum atomic E-state index is 14.5. The third-order valence-corrected chi connectivity index (χ3v) is 8.06. The van der Waals surface area contributed by atoms with E-state index in [4.69, 9.17) is 14.2 Å². The van der Waals surface area contributed by atoms with Crippen LogP contribution in [-0.4, -0.2) is 39.6 Å². The second-order valence-electron chi connectivity index (χ2n) is 9.39. The molecule has 2 aliphatic heterocycles. The summed E-state index contributed by atoms with van der Waals surface area (Å²) in [6, 6.07) is 10.4. The Labute approximate surface area is 215 Å². The van der Waals surface area contributed by atoms with Crippen molar-refractivity contribution < 1.29 is 44.6 Å². The molecule has 5 rings (SSSR count). The molecule has 2 heterocycles. The summed E-state index contributed by atoms with van der Waals surface area (Å²) in [5.74, 6) is -2.32. The van der Waals surface area contributed by atoms with E-state index in [-0.39, 0.29) is 35.7 Å². The number of hydrogen-bond donors (Lipinski definition) is 0. The topological polar surface area (TPSA) is 65.1 Å². The molecule has 3 aromatic carbocycles. The molecule has 3 aromatic rings. The van der Waals surface area contributed by atoms with Crippen molar-refractivity contribution in [2.45, 2.75) is 42.9 Å². The summed E-state index contributed by atoms with van der Waals surface area (Å²) in [7, 11) is -4.58. The van der Waals surface area contributed by atoms with Gasteiger partial charge in [0.05, 0.1) is 29.3 Å². The molecule has 0 spiro atoms. The number of benzene rings is 3. The Morgan fingerprint density at radius 2 is 1.74 bits per heavy atom. The molecule has 0 bridgehead atoms. The fourth-order valence-corrected chi connectivity index (χ4v) is 5.97. The third-order valence-electron chi connectivity index (χ3n) is 6.29. The van der Waals surface area contributed by atoms with Gasteiger partial charge in [0.25, 0.3) is 10.0 Å². The van der Waals surface area contributed by atoms with E-state index >= 15 is 0 Å². The van der Waals surface area contributed by atoms with Crippen molar-refractivity contribution in [2.24, 2.45) is 0 Å². The molecule has 0 radical (unpaired) electrons. The lowest BCUT2D eigenvalue weighted by molar-refractivity contribution is -0.148. The van der Waals surface area contributed by atoms with E-state index < -0.39 is 56.3 Å². The molecular formula is C26H22F5NO5S. The highest BCUT2D eigenvalue weighted by atomic mass is 32.2. The van der Waals surface area contributed by atoms with Crippen LogP contribution in [0, 0.1) is 11.6 Å². The van der Waals surface area contributed by atoms with Crippen molar-refractivity contribution >= 4 is 15.7 Å². The predicted molar refractivity (Wildman–Crippen MR) is 127 cm³/mol. The first-order valence-corrected chi connectivity index (χ1v) is 13.0. The molecule has 2 atom stereocenters. The molecular weight excluding hydrogens is 533 g/mol.